The van der Waals surface area contributed by atoms with Crippen LogP contribution in [0.5, 0.6) is 0 Å². The Balaban J connectivity index is 1.65. The zero-order valence-electron chi connectivity index (χ0n) is 20.5. The number of aromatic nitrogens is 3. The van der Waals surface area contributed by atoms with E-state index in [1.54, 1.807) is 6.08 Å². The van der Waals surface area contributed by atoms with Gasteiger partial charge in [0.05, 0.1) is 11.8 Å². The summed E-state index contributed by atoms with van der Waals surface area (Å²) in [5.74, 6) is 0.729. The van der Waals surface area contributed by atoms with E-state index in [0.29, 0.717) is 29.6 Å². The topological polar surface area (TPSA) is 88.9 Å². The molecular weight excluding hydrogens is 458 g/mol. The molecule has 0 saturated carbocycles. The highest BCUT2D eigenvalue weighted by molar-refractivity contribution is 7.99. The third kappa shape index (κ3) is 7.55. The molecule has 0 aliphatic rings. The molecule has 0 unspecified atom stereocenters. The molecule has 0 spiro atoms. The lowest BCUT2D eigenvalue weighted by molar-refractivity contribution is -0.118. The molecular formula is C27H33N5O2S. The lowest BCUT2D eigenvalue weighted by Crippen LogP contribution is -2.34. The molecule has 0 bridgehead atoms. The quantitative estimate of drug-likeness (QED) is 0.290. The van der Waals surface area contributed by atoms with Crippen molar-refractivity contribution < 1.29 is 9.59 Å². The van der Waals surface area contributed by atoms with Crippen LogP contribution in [0.3, 0.4) is 0 Å². The summed E-state index contributed by atoms with van der Waals surface area (Å²) < 4.78 is 1.91. The van der Waals surface area contributed by atoms with Gasteiger partial charge in [0.2, 0.25) is 5.91 Å². The number of hydrogen-bond acceptors (Lipinski definition) is 5. The number of thioether (sulfide) groups is 1. The lowest BCUT2D eigenvalue weighted by Gasteiger charge is -2.22. The number of aryl methyl sites for hydroxylation is 1. The number of carbonyl (C=O) groups is 2. The fourth-order valence-corrected chi connectivity index (χ4v) is 4.35. The van der Waals surface area contributed by atoms with Gasteiger partial charge in [0.1, 0.15) is 0 Å². The predicted molar refractivity (Wildman–Crippen MR) is 140 cm³/mol. The summed E-state index contributed by atoms with van der Waals surface area (Å²) in [5.41, 5.74) is 2.87. The molecule has 0 aliphatic heterocycles. The maximum absolute atomic E-state index is 12.9. The largest absolute Gasteiger partial charge is 0.355 e. The van der Waals surface area contributed by atoms with E-state index >= 15 is 0 Å². The number of rotatable bonds is 12. The van der Waals surface area contributed by atoms with Gasteiger partial charge in [-0.1, -0.05) is 79.7 Å². The van der Waals surface area contributed by atoms with E-state index < -0.39 is 0 Å². The molecule has 8 heteroatoms. The van der Waals surface area contributed by atoms with Gasteiger partial charge in [0.25, 0.3) is 5.91 Å². The van der Waals surface area contributed by atoms with Crippen molar-refractivity contribution in [1.82, 2.24) is 25.4 Å². The number of nitrogens with one attached hydrogen (secondary N) is 2. The number of nitrogens with zero attached hydrogens (tertiary/aromatic N) is 3. The van der Waals surface area contributed by atoms with Crippen LogP contribution >= 0.6 is 11.8 Å². The molecule has 2 N–H and O–H groups in total. The monoisotopic (exact) mass is 491 g/mol. The van der Waals surface area contributed by atoms with E-state index in [1.807, 2.05) is 79.9 Å². The van der Waals surface area contributed by atoms with Crippen LogP contribution in [0.1, 0.15) is 47.2 Å². The maximum Gasteiger partial charge on any atom is 0.251 e. The van der Waals surface area contributed by atoms with Crippen LogP contribution in [0.4, 0.5) is 0 Å². The van der Waals surface area contributed by atoms with Crippen molar-refractivity contribution in [3.05, 3.63) is 89.8 Å². The van der Waals surface area contributed by atoms with Gasteiger partial charge in [0, 0.05) is 18.7 Å². The number of hydrogen-bond donors (Lipinski definition) is 2. The molecule has 1 atom stereocenters. The second-order valence-electron chi connectivity index (χ2n) is 8.68. The Kier molecular flexibility index (Phi) is 9.66. The highest BCUT2D eigenvalue weighted by Crippen LogP contribution is 2.25. The summed E-state index contributed by atoms with van der Waals surface area (Å²) >= 11 is 1.32. The Morgan fingerprint density at radius 3 is 2.46 bits per heavy atom. The summed E-state index contributed by atoms with van der Waals surface area (Å²) in [6.07, 6.45) is 2.54. The van der Waals surface area contributed by atoms with Crippen LogP contribution in [-0.4, -0.2) is 38.9 Å². The molecule has 0 fully saturated rings. The fraction of sp³-hybridized carbons (Fsp3) is 0.333. The minimum Gasteiger partial charge on any atom is -0.355 e. The van der Waals surface area contributed by atoms with Gasteiger partial charge in [-0.3, -0.25) is 9.59 Å². The first-order chi connectivity index (χ1) is 16.9. The van der Waals surface area contributed by atoms with Crippen molar-refractivity contribution in [2.24, 2.45) is 5.92 Å². The third-order valence-electron chi connectivity index (χ3n) is 5.51. The molecule has 0 radical (unpaired) electrons. The first kappa shape index (κ1) is 26.2. The van der Waals surface area contributed by atoms with E-state index in [1.165, 1.54) is 17.3 Å². The van der Waals surface area contributed by atoms with Gasteiger partial charge in [0.15, 0.2) is 11.0 Å². The van der Waals surface area contributed by atoms with Crippen LogP contribution in [0, 0.1) is 12.8 Å². The normalized spacial score (nSPS) is 11.8. The average molecular weight is 492 g/mol. The number of allylic oxidation sites excluding steroid dienone is 1. The maximum atomic E-state index is 12.9. The van der Waals surface area contributed by atoms with Gasteiger partial charge < -0.3 is 15.2 Å². The molecule has 0 saturated heterocycles. The van der Waals surface area contributed by atoms with Crippen LogP contribution < -0.4 is 10.6 Å². The highest BCUT2D eigenvalue weighted by atomic mass is 32.2. The van der Waals surface area contributed by atoms with Gasteiger partial charge in [-0.05, 0) is 37.0 Å². The number of amides is 2. The Morgan fingerprint density at radius 2 is 1.80 bits per heavy atom. The van der Waals surface area contributed by atoms with Gasteiger partial charge >= 0.3 is 0 Å². The van der Waals surface area contributed by atoms with E-state index in [4.69, 9.17) is 0 Å². The van der Waals surface area contributed by atoms with Crippen molar-refractivity contribution in [2.75, 3.05) is 12.3 Å². The summed E-state index contributed by atoms with van der Waals surface area (Å²) in [4.78, 5) is 25.3. The van der Waals surface area contributed by atoms with Crippen molar-refractivity contribution in [3.8, 4) is 0 Å². The van der Waals surface area contributed by atoms with E-state index in [9.17, 15) is 9.59 Å². The molecule has 1 aromatic heterocycles. The third-order valence-corrected chi connectivity index (χ3v) is 6.48. The predicted octanol–water partition coefficient (Wildman–Crippen LogP) is 4.35. The SMILES string of the molecule is C=CCn1c(SCC(=O)NCCc2ccccc2)nnc1[C@H](NC(=O)c1ccc(C)cc1)C(C)C. The zero-order valence-corrected chi connectivity index (χ0v) is 21.3. The van der Waals surface area contributed by atoms with Crippen molar-refractivity contribution in [1.29, 1.82) is 0 Å². The first-order valence-corrected chi connectivity index (χ1v) is 12.7. The van der Waals surface area contributed by atoms with Crippen LogP contribution in [0.25, 0.3) is 0 Å². The van der Waals surface area contributed by atoms with Crippen LogP contribution in [-0.2, 0) is 17.8 Å². The molecule has 2 amide bonds. The Morgan fingerprint density at radius 1 is 1.09 bits per heavy atom. The number of carbonyl (C=O) groups excluding carboxylic acids is 2. The molecule has 3 aromatic rings. The van der Waals surface area contributed by atoms with Crippen molar-refractivity contribution >= 4 is 23.6 Å². The molecule has 35 heavy (non-hydrogen) atoms. The summed E-state index contributed by atoms with van der Waals surface area (Å²) in [5, 5.41) is 15.4. The average Bonchev–Trinajstić information content (AvgIpc) is 3.24. The van der Waals surface area contributed by atoms with E-state index in [0.717, 1.165) is 12.0 Å². The molecule has 0 aliphatic carbocycles. The summed E-state index contributed by atoms with van der Waals surface area (Å²) in [6.45, 7) is 10.9. The molecule has 3 rings (SSSR count). The van der Waals surface area contributed by atoms with Gasteiger partial charge in [-0.25, -0.2) is 0 Å². The minimum absolute atomic E-state index is 0.0614. The molecule has 2 aromatic carbocycles. The summed E-state index contributed by atoms with van der Waals surface area (Å²) in [7, 11) is 0. The van der Waals surface area contributed by atoms with Crippen molar-refractivity contribution in [2.45, 2.75) is 44.9 Å². The van der Waals surface area contributed by atoms with E-state index in [-0.39, 0.29) is 29.5 Å². The van der Waals surface area contributed by atoms with Crippen LogP contribution in [0.2, 0.25) is 0 Å². The minimum atomic E-state index is -0.342. The molecule has 184 valence electrons. The molecule has 7 nitrogen and oxygen atoms in total. The number of benzene rings is 2. The molecule has 1 heterocycles. The Hall–Kier alpha value is -3.39. The van der Waals surface area contributed by atoms with Crippen LogP contribution in [0.15, 0.2) is 72.4 Å². The van der Waals surface area contributed by atoms with E-state index in [2.05, 4.69) is 27.4 Å². The standard InChI is InChI=1S/C27H33N5O2S/c1-5-17-32-25(24(19(2)3)29-26(34)22-13-11-20(4)12-14-22)30-31-27(32)35-18-23(33)28-16-15-21-9-7-6-8-10-21/h5-14,19,24H,1,15-18H2,2-4H3,(H,28,33)(H,29,34)/t24-/m1/s1. The van der Waals surface area contributed by atoms with Gasteiger partial charge in [-0.2, -0.15) is 0 Å². The Bertz CT molecular complexity index is 1130. The second kappa shape index (κ2) is 12.9. The first-order valence-electron chi connectivity index (χ1n) is 11.7. The zero-order chi connectivity index (χ0) is 25.2. The Labute approximate surface area is 211 Å². The fourth-order valence-electron chi connectivity index (χ4n) is 3.57. The van der Waals surface area contributed by atoms with Gasteiger partial charge in [-0.15, -0.1) is 16.8 Å². The lowest BCUT2D eigenvalue weighted by atomic mass is 10.0. The van der Waals surface area contributed by atoms with Crippen molar-refractivity contribution in [3.63, 3.8) is 0 Å². The second-order valence-corrected chi connectivity index (χ2v) is 9.62. The summed E-state index contributed by atoms with van der Waals surface area (Å²) in [6, 6.07) is 17.2. The smallest absolute Gasteiger partial charge is 0.251 e. The highest BCUT2D eigenvalue weighted by Gasteiger charge is 2.26.